The van der Waals surface area contributed by atoms with Crippen molar-refractivity contribution in [1.29, 1.82) is 0 Å². The lowest BCUT2D eigenvalue weighted by molar-refractivity contribution is -0.119. The number of hydrogen-bond donors (Lipinski definition) is 2. The number of amides is 2. The minimum absolute atomic E-state index is 0.0775. The minimum Gasteiger partial charge on any atom is -0.340 e. The summed E-state index contributed by atoms with van der Waals surface area (Å²) in [6.45, 7) is 3.81. The van der Waals surface area contributed by atoms with Crippen molar-refractivity contribution in [3.8, 4) is 0 Å². The van der Waals surface area contributed by atoms with Crippen molar-refractivity contribution in [2.24, 2.45) is 5.92 Å². The predicted octanol–water partition coefficient (Wildman–Crippen LogP) is 2.72. The molecule has 0 aliphatic heterocycles. The SMILES string of the molecule is CC[C@H](C)[C@H](NC(=O)c1ccccc1)C(=O)Nc1cccc(S(=O)(=O)N(C)C)c1. The van der Waals surface area contributed by atoms with E-state index in [0.717, 1.165) is 4.31 Å². The number of rotatable bonds is 8. The summed E-state index contributed by atoms with van der Waals surface area (Å²) in [6.07, 6.45) is 0.683. The van der Waals surface area contributed by atoms with Crippen molar-refractivity contribution in [1.82, 2.24) is 9.62 Å². The summed E-state index contributed by atoms with van der Waals surface area (Å²) >= 11 is 0. The second-order valence-electron chi connectivity index (χ2n) is 7.01. The quantitative estimate of drug-likeness (QED) is 0.690. The molecule has 2 N–H and O–H groups in total. The highest BCUT2D eigenvalue weighted by molar-refractivity contribution is 7.89. The molecule has 0 aromatic heterocycles. The molecule has 0 saturated carbocycles. The molecule has 156 valence electrons. The van der Waals surface area contributed by atoms with E-state index >= 15 is 0 Å². The number of carbonyl (C=O) groups is 2. The first-order valence-corrected chi connectivity index (χ1v) is 10.8. The van der Waals surface area contributed by atoms with Crippen molar-refractivity contribution < 1.29 is 18.0 Å². The number of carbonyl (C=O) groups excluding carboxylic acids is 2. The molecule has 0 bridgehead atoms. The monoisotopic (exact) mass is 417 g/mol. The lowest BCUT2D eigenvalue weighted by atomic mass is 9.97. The van der Waals surface area contributed by atoms with Crippen LogP contribution in [0.3, 0.4) is 0 Å². The minimum atomic E-state index is -3.62. The van der Waals surface area contributed by atoms with Crippen molar-refractivity contribution >= 4 is 27.5 Å². The van der Waals surface area contributed by atoms with Gasteiger partial charge in [-0.3, -0.25) is 9.59 Å². The van der Waals surface area contributed by atoms with Crippen molar-refractivity contribution in [3.63, 3.8) is 0 Å². The molecule has 2 rings (SSSR count). The van der Waals surface area contributed by atoms with E-state index in [1.807, 2.05) is 19.9 Å². The van der Waals surface area contributed by atoms with Crippen molar-refractivity contribution in [3.05, 3.63) is 60.2 Å². The molecule has 2 aromatic carbocycles. The van der Waals surface area contributed by atoms with E-state index < -0.39 is 22.0 Å². The van der Waals surface area contributed by atoms with Crippen LogP contribution in [0.4, 0.5) is 5.69 Å². The molecule has 29 heavy (non-hydrogen) atoms. The normalized spacial score (nSPS) is 13.6. The smallest absolute Gasteiger partial charge is 0.251 e. The zero-order chi connectivity index (χ0) is 21.6. The van der Waals surface area contributed by atoms with Crippen molar-refractivity contribution in [2.75, 3.05) is 19.4 Å². The molecular weight excluding hydrogens is 390 g/mol. The molecule has 0 fully saturated rings. The maximum Gasteiger partial charge on any atom is 0.251 e. The standard InChI is InChI=1S/C21H27N3O4S/c1-5-15(2)19(23-20(25)16-10-7-6-8-11-16)21(26)22-17-12-9-13-18(14-17)29(27,28)24(3)4/h6-15,19H,5H2,1-4H3,(H,22,26)(H,23,25)/t15-,19-/m0/s1. The fourth-order valence-corrected chi connectivity index (χ4v) is 3.63. The first kappa shape index (κ1) is 22.6. The van der Waals surface area contributed by atoms with Crippen LogP contribution in [0.15, 0.2) is 59.5 Å². The van der Waals surface area contributed by atoms with Crippen LogP contribution in [0.2, 0.25) is 0 Å². The summed E-state index contributed by atoms with van der Waals surface area (Å²) in [5, 5.41) is 5.52. The van der Waals surface area contributed by atoms with Gasteiger partial charge < -0.3 is 10.6 Å². The average molecular weight is 418 g/mol. The van der Waals surface area contributed by atoms with Gasteiger partial charge in [0.15, 0.2) is 0 Å². The van der Waals surface area contributed by atoms with Crippen LogP contribution in [0.1, 0.15) is 30.6 Å². The number of nitrogens with zero attached hydrogens (tertiary/aromatic N) is 1. The second kappa shape index (κ2) is 9.67. The van der Waals surface area contributed by atoms with Gasteiger partial charge in [-0.2, -0.15) is 0 Å². The molecule has 2 atom stereocenters. The third-order valence-electron chi connectivity index (χ3n) is 4.70. The van der Waals surface area contributed by atoms with Gasteiger partial charge in [-0.15, -0.1) is 0 Å². The Kier molecular flexibility index (Phi) is 7.53. The molecular formula is C21H27N3O4S. The Morgan fingerprint density at radius 3 is 2.28 bits per heavy atom. The molecule has 0 spiro atoms. The molecule has 2 amide bonds. The number of sulfonamides is 1. The van der Waals surface area contributed by atoms with Gasteiger partial charge in [-0.1, -0.05) is 44.5 Å². The molecule has 0 aliphatic rings. The number of nitrogens with one attached hydrogen (secondary N) is 2. The topological polar surface area (TPSA) is 95.6 Å². The summed E-state index contributed by atoms with van der Waals surface area (Å²) in [6, 6.07) is 14.0. The Bertz CT molecular complexity index is 959. The largest absolute Gasteiger partial charge is 0.340 e. The highest BCUT2D eigenvalue weighted by Gasteiger charge is 2.27. The molecule has 7 nitrogen and oxygen atoms in total. The van der Waals surface area contributed by atoms with Gasteiger partial charge in [0.05, 0.1) is 4.90 Å². The van der Waals surface area contributed by atoms with Gasteiger partial charge in [-0.05, 0) is 36.2 Å². The Balaban J connectivity index is 2.22. The maximum absolute atomic E-state index is 12.9. The Morgan fingerprint density at radius 2 is 1.69 bits per heavy atom. The lowest BCUT2D eigenvalue weighted by Crippen LogP contribution is -2.47. The number of benzene rings is 2. The van der Waals surface area contributed by atoms with E-state index in [4.69, 9.17) is 0 Å². The van der Waals surface area contributed by atoms with E-state index in [9.17, 15) is 18.0 Å². The summed E-state index contributed by atoms with van der Waals surface area (Å²) in [5.41, 5.74) is 0.813. The fraction of sp³-hybridized carbons (Fsp3) is 0.333. The van der Waals surface area contributed by atoms with Crippen LogP contribution < -0.4 is 10.6 Å². The van der Waals surface area contributed by atoms with E-state index in [2.05, 4.69) is 10.6 Å². The van der Waals surface area contributed by atoms with Gasteiger partial charge in [0.2, 0.25) is 15.9 Å². The average Bonchev–Trinajstić information content (AvgIpc) is 2.71. The van der Waals surface area contributed by atoms with Crippen LogP contribution in [-0.2, 0) is 14.8 Å². The summed E-state index contributed by atoms with van der Waals surface area (Å²) in [4.78, 5) is 25.5. The molecule has 2 aromatic rings. The molecule has 8 heteroatoms. The van der Waals surface area contributed by atoms with E-state index in [1.54, 1.807) is 36.4 Å². The van der Waals surface area contributed by atoms with Crippen LogP contribution in [0, 0.1) is 5.92 Å². The zero-order valence-electron chi connectivity index (χ0n) is 17.0. The predicted molar refractivity (Wildman–Crippen MR) is 113 cm³/mol. The third kappa shape index (κ3) is 5.65. The highest BCUT2D eigenvalue weighted by atomic mass is 32.2. The number of hydrogen-bond acceptors (Lipinski definition) is 4. The second-order valence-corrected chi connectivity index (χ2v) is 9.16. The van der Waals surface area contributed by atoms with Crippen LogP contribution >= 0.6 is 0 Å². The zero-order valence-corrected chi connectivity index (χ0v) is 17.9. The molecule has 0 radical (unpaired) electrons. The first-order valence-electron chi connectivity index (χ1n) is 9.36. The summed E-state index contributed by atoms with van der Waals surface area (Å²) in [7, 11) is -0.733. The van der Waals surface area contributed by atoms with E-state index in [-0.39, 0.29) is 16.7 Å². The highest BCUT2D eigenvalue weighted by Crippen LogP contribution is 2.19. The Hall–Kier alpha value is -2.71. The summed E-state index contributed by atoms with van der Waals surface area (Å²) in [5.74, 6) is -0.852. The Labute approximate surface area is 172 Å². The van der Waals surface area contributed by atoms with E-state index in [0.29, 0.717) is 17.7 Å². The van der Waals surface area contributed by atoms with Crippen LogP contribution in [0.5, 0.6) is 0 Å². The van der Waals surface area contributed by atoms with Gasteiger partial charge in [-0.25, -0.2) is 12.7 Å². The lowest BCUT2D eigenvalue weighted by Gasteiger charge is -2.24. The third-order valence-corrected chi connectivity index (χ3v) is 6.51. The van der Waals surface area contributed by atoms with Gasteiger partial charge in [0.1, 0.15) is 6.04 Å². The molecule has 0 heterocycles. The van der Waals surface area contributed by atoms with Gasteiger partial charge in [0.25, 0.3) is 5.91 Å². The van der Waals surface area contributed by atoms with Crippen LogP contribution in [-0.4, -0.2) is 44.7 Å². The molecule has 0 saturated heterocycles. The van der Waals surface area contributed by atoms with E-state index in [1.165, 1.54) is 26.2 Å². The van der Waals surface area contributed by atoms with Crippen LogP contribution in [0.25, 0.3) is 0 Å². The Morgan fingerprint density at radius 1 is 1.03 bits per heavy atom. The van der Waals surface area contributed by atoms with Gasteiger partial charge in [0, 0.05) is 25.3 Å². The first-order chi connectivity index (χ1) is 13.7. The van der Waals surface area contributed by atoms with Gasteiger partial charge >= 0.3 is 0 Å². The fourth-order valence-electron chi connectivity index (χ4n) is 2.68. The van der Waals surface area contributed by atoms with Crippen molar-refractivity contribution in [2.45, 2.75) is 31.2 Å². The number of anilines is 1. The maximum atomic E-state index is 12.9. The molecule has 0 unspecified atom stereocenters. The molecule has 0 aliphatic carbocycles. The summed E-state index contributed by atoms with van der Waals surface area (Å²) < 4.78 is 25.7.